The third-order valence-electron chi connectivity index (χ3n) is 1.87. The average molecular weight is 235 g/mol. The normalized spacial score (nSPS) is 12.0. The van der Waals surface area contributed by atoms with E-state index in [1.807, 2.05) is 0 Å². The van der Waals surface area contributed by atoms with Gasteiger partial charge in [0.2, 0.25) is 0 Å². The maximum absolute atomic E-state index is 11.7. The first kappa shape index (κ1) is 11.3. The second-order valence-electron chi connectivity index (χ2n) is 3.18. The van der Waals surface area contributed by atoms with Crippen molar-refractivity contribution in [2.24, 2.45) is 0 Å². The highest BCUT2D eigenvalue weighted by atomic mass is 35.5. The lowest BCUT2D eigenvalue weighted by Gasteiger charge is -2.09. The molecular formula is C9H11ClO3S. The zero-order chi connectivity index (χ0) is 10.9. The summed E-state index contributed by atoms with van der Waals surface area (Å²) in [6.07, 6.45) is 0. The van der Waals surface area contributed by atoms with Crippen molar-refractivity contribution in [2.45, 2.75) is 24.0 Å². The lowest BCUT2D eigenvalue weighted by Crippen LogP contribution is -2.14. The Hall–Kier alpha value is -0.740. The molecule has 0 saturated carbocycles. The lowest BCUT2D eigenvalue weighted by molar-refractivity contribution is 0.473. The first-order valence-corrected chi connectivity index (χ1v) is 6.01. The molecule has 1 aromatic carbocycles. The zero-order valence-corrected chi connectivity index (χ0v) is 9.43. The minimum Gasteiger partial charge on any atom is -0.506 e. The average Bonchev–Trinajstić information content (AvgIpc) is 2.09. The largest absolute Gasteiger partial charge is 0.506 e. The van der Waals surface area contributed by atoms with E-state index in [9.17, 15) is 13.5 Å². The molecule has 5 heteroatoms. The number of halogens is 1. The van der Waals surface area contributed by atoms with Gasteiger partial charge in [-0.2, -0.15) is 0 Å². The van der Waals surface area contributed by atoms with Crippen LogP contribution in [0, 0.1) is 0 Å². The summed E-state index contributed by atoms with van der Waals surface area (Å²) in [5.41, 5.74) is 0. The highest BCUT2D eigenvalue weighted by Gasteiger charge is 2.23. The van der Waals surface area contributed by atoms with Gasteiger partial charge >= 0.3 is 0 Å². The van der Waals surface area contributed by atoms with Crippen LogP contribution in [0.5, 0.6) is 5.75 Å². The molecule has 78 valence electrons. The summed E-state index contributed by atoms with van der Waals surface area (Å²) in [6, 6.07) is 4.19. The molecule has 14 heavy (non-hydrogen) atoms. The highest BCUT2D eigenvalue weighted by molar-refractivity contribution is 7.92. The summed E-state index contributed by atoms with van der Waals surface area (Å²) in [5.74, 6) is -0.214. The number of hydrogen-bond donors (Lipinski definition) is 1. The van der Waals surface area contributed by atoms with Crippen LogP contribution >= 0.6 is 11.6 Å². The SMILES string of the molecule is CC(C)S(=O)(=O)c1cccc(O)c1Cl. The number of phenols is 1. The van der Waals surface area contributed by atoms with Gasteiger partial charge in [-0.3, -0.25) is 0 Å². The van der Waals surface area contributed by atoms with Crippen LogP contribution in [-0.2, 0) is 9.84 Å². The van der Waals surface area contributed by atoms with Crippen molar-refractivity contribution in [2.75, 3.05) is 0 Å². The van der Waals surface area contributed by atoms with Crippen molar-refractivity contribution in [1.82, 2.24) is 0 Å². The molecule has 1 N–H and O–H groups in total. The van der Waals surface area contributed by atoms with Crippen molar-refractivity contribution in [1.29, 1.82) is 0 Å². The summed E-state index contributed by atoms with van der Waals surface area (Å²) >= 11 is 5.69. The lowest BCUT2D eigenvalue weighted by atomic mass is 10.3. The monoisotopic (exact) mass is 234 g/mol. The molecule has 1 rings (SSSR count). The second kappa shape index (κ2) is 3.79. The first-order valence-electron chi connectivity index (χ1n) is 4.08. The van der Waals surface area contributed by atoms with Crippen molar-refractivity contribution < 1.29 is 13.5 Å². The molecule has 0 amide bonds. The van der Waals surface area contributed by atoms with Gasteiger partial charge in [0.25, 0.3) is 0 Å². The van der Waals surface area contributed by atoms with E-state index in [4.69, 9.17) is 11.6 Å². The number of benzene rings is 1. The molecule has 0 saturated heterocycles. The number of phenolic OH excluding ortho intramolecular Hbond substituents is 1. The van der Waals surface area contributed by atoms with Crippen molar-refractivity contribution in [3.63, 3.8) is 0 Å². The topological polar surface area (TPSA) is 54.4 Å². The first-order chi connectivity index (χ1) is 6.37. The van der Waals surface area contributed by atoms with Crippen LogP contribution in [0.1, 0.15) is 13.8 Å². The molecule has 0 aliphatic carbocycles. The van der Waals surface area contributed by atoms with Crippen LogP contribution < -0.4 is 0 Å². The predicted octanol–water partition coefficient (Wildman–Crippen LogP) is 2.23. The maximum atomic E-state index is 11.7. The number of sulfone groups is 1. The van der Waals surface area contributed by atoms with E-state index < -0.39 is 15.1 Å². The summed E-state index contributed by atoms with van der Waals surface area (Å²) in [4.78, 5) is -0.0193. The highest BCUT2D eigenvalue weighted by Crippen LogP contribution is 2.31. The van der Waals surface area contributed by atoms with Crippen LogP contribution in [0.3, 0.4) is 0 Å². The third kappa shape index (κ3) is 1.86. The quantitative estimate of drug-likeness (QED) is 0.854. The number of hydrogen-bond acceptors (Lipinski definition) is 3. The summed E-state index contributed by atoms with van der Waals surface area (Å²) in [5, 5.41) is 8.58. The van der Waals surface area contributed by atoms with Gasteiger partial charge in [-0.05, 0) is 26.0 Å². The van der Waals surface area contributed by atoms with Crippen molar-refractivity contribution in [3.05, 3.63) is 23.2 Å². The van der Waals surface area contributed by atoms with Gasteiger partial charge in [0.1, 0.15) is 10.8 Å². The Balaban J connectivity index is 3.42. The van der Waals surface area contributed by atoms with E-state index >= 15 is 0 Å². The Morgan fingerprint density at radius 1 is 1.36 bits per heavy atom. The fourth-order valence-electron chi connectivity index (χ4n) is 0.973. The number of rotatable bonds is 2. The predicted molar refractivity (Wildman–Crippen MR) is 55.4 cm³/mol. The molecule has 0 heterocycles. The molecule has 0 fully saturated rings. The standard InChI is InChI=1S/C9H11ClO3S/c1-6(2)14(12,13)8-5-3-4-7(11)9(8)10/h3-6,11H,1-2H3. The Morgan fingerprint density at radius 3 is 2.43 bits per heavy atom. The van der Waals surface area contributed by atoms with Gasteiger partial charge in [-0.25, -0.2) is 8.42 Å². The Kier molecular flexibility index (Phi) is 3.07. The van der Waals surface area contributed by atoms with Gasteiger partial charge < -0.3 is 5.11 Å². The van der Waals surface area contributed by atoms with Crippen LogP contribution in [0.4, 0.5) is 0 Å². The van der Waals surface area contributed by atoms with Gasteiger partial charge in [0.15, 0.2) is 9.84 Å². The van der Waals surface area contributed by atoms with E-state index in [0.717, 1.165) is 0 Å². The van der Waals surface area contributed by atoms with Crippen LogP contribution in [0.25, 0.3) is 0 Å². The van der Waals surface area contributed by atoms with E-state index in [1.54, 1.807) is 13.8 Å². The Labute approximate surface area is 88.2 Å². The van der Waals surface area contributed by atoms with Gasteiger partial charge in [0, 0.05) is 0 Å². The van der Waals surface area contributed by atoms with E-state index in [-0.39, 0.29) is 15.7 Å². The summed E-state index contributed by atoms with van der Waals surface area (Å²) in [7, 11) is -3.42. The molecule has 1 aromatic rings. The minimum absolute atomic E-state index is 0.0193. The molecule has 0 bridgehead atoms. The summed E-state index contributed by atoms with van der Waals surface area (Å²) in [6.45, 7) is 3.13. The van der Waals surface area contributed by atoms with E-state index in [0.29, 0.717) is 0 Å². The van der Waals surface area contributed by atoms with Crippen LogP contribution in [-0.4, -0.2) is 18.8 Å². The van der Waals surface area contributed by atoms with Gasteiger partial charge in [-0.15, -0.1) is 0 Å². The molecule has 0 aromatic heterocycles. The van der Waals surface area contributed by atoms with E-state index in [2.05, 4.69) is 0 Å². The molecule has 0 radical (unpaired) electrons. The zero-order valence-electron chi connectivity index (χ0n) is 7.86. The summed E-state index contributed by atoms with van der Waals surface area (Å²) < 4.78 is 23.4. The smallest absolute Gasteiger partial charge is 0.182 e. The Bertz CT molecular complexity index is 437. The second-order valence-corrected chi connectivity index (χ2v) is 6.03. The van der Waals surface area contributed by atoms with Crippen molar-refractivity contribution in [3.8, 4) is 5.75 Å². The number of aromatic hydroxyl groups is 1. The molecule has 0 spiro atoms. The molecular weight excluding hydrogens is 224 g/mol. The minimum atomic E-state index is -3.42. The third-order valence-corrected chi connectivity index (χ3v) is 4.57. The molecule has 3 nitrogen and oxygen atoms in total. The maximum Gasteiger partial charge on any atom is 0.182 e. The molecule has 0 atom stereocenters. The van der Waals surface area contributed by atoms with E-state index in [1.165, 1.54) is 18.2 Å². The fraction of sp³-hybridized carbons (Fsp3) is 0.333. The fourth-order valence-corrected chi connectivity index (χ4v) is 2.55. The molecule has 0 unspecified atom stereocenters. The molecule has 0 aliphatic heterocycles. The van der Waals surface area contributed by atoms with Gasteiger partial charge in [0.05, 0.1) is 10.1 Å². The van der Waals surface area contributed by atoms with Crippen LogP contribution in [0.15, 0.2) is 23.1 Å². The van der Waals surface area contributed by atoms with Crippen LogP contribution in [0.2, 0.25) is 5.02 Å². The van der Waals surface area contributed by atoms with Gasteiger partial charge in [-0.1, -0.05) is 17.7 Å². The van der Waals surface area contributed by atoms with Crippen molar-refractivity contribution >= 4 is 21.4 Å². The Morgan fingerprint density at radius 2 is 1.93 bits per heavy atom. The molecule has 0 aliphatic rings.